The van der Waals surface area contributed by atoms with Gasteiger partial charge in [0.15, 0.2) is 9.84 Å². The van der Waals surface area contributed by atoms with Gasteiger partial charge in [0.25, 0.3) is 0 Å². The summed E-state index contributed by atoms with van der Waals surface area (Å²) in [7, 11) is -1.60. The minimum Gasteiger partial charge on any atom is -0.488 e. The Morgan fingerprint density at radius 1 is 1.04 bits per heavy atom. The zero-order chi connectivity index (χ0) is 17.7. The zero-order valence-electron chi connectivity index (χ0n) is 14.0. The predicted molar refractivity (Wildman–Crippen MR) is 90.6 cm³/mol. The fraction of sp³-hybridized carbons (Fsp3) is 0.294. The lowest BCUT2D eigenvalue weighted by molar-refractivity contribution is -0.255. The topological polar surface area (TPSA) is 89.5 Å². The van der Waals surface area contributed by atoms with Gasteiger partial charge in [-0.05, 0) is 31.2 Å². The maximum Gasteiger partial charge on any atom is 0.175 e. The highest BCUT2D eigenvalue weighted by atomic mass is 32.2. The number of ether oxygens (including phenoxy) is 3. The van der Waals surface area contributed by atoms with E-state index in [0.29, 0.717) is 23.9 Å². The van der Waals surface area contributed by atoms with E-state index in [4.69, 9.17) is 14.2 Å². The summed E-state index contributed by atoms with van der Waals surface area (Å²) in [5, 5.41) is 0. The van der Waals surface area contributed by atoms with Gasteiger partial charge < -0.3 is 19.9 Å². The van der Waals surface area contributed by atoms with Crippen LogP contribution in [0.2, 0.25) is 0 Å². The van der Waals surface area contributed by atoms with E-state index in [9.17, 15) is 8.42 Å². The summed E-state index contributed by atoms with van der Waals surface area (Å²) in [6.45, 7) is 2.38. The molecule has 3 N–H and O–H groups in total. The lowest BCUT2D eigenvalue weighted by atomic mass is 10.2. The van der Waals surface area contributed by atoms with E-state index in [1.165, 1.54) is 18.4 Å². The van der Waals surface area contributed by atoms with Gasteiger partial charge in [-0.2, -0.15) is 0 Å². The zero-order valence-corrected chi connectivity index (χ0v) is 14.8. The second kappa shape index (κ2) is 7.65. The summed E-state index contributed by atoms with van der Waals surface area (Å²) < 4.78 is 39.5. The monoisotopic (exact) mass is 352 g/mol. The number of sulfone groups is 1. The minimum atomic E-state index is -3.22. The molecule has 2 aromatic carbocycles. The Bertz CT molecular complexity index is 787. The van der Waals surface area contributed by atoms with Gasteiger partial charge in [0.1, 0.15) is 29.0 Å². The van der Waals surface area contributed by atoms with Gasteiger partial charge in [-0.25, -0.2) is 8.42 Å². The third-order valence-corrected chi connectivity index (χ3v) is 4.29. The number of methoxy groups -OCH3 is 1. The lowest BCUT2D eigenvalue weighted by Gasteiger charge is -2.15. The molecular weight excluding hydrogens is 330 g/mol. The Balaban J connectivity index is 2.16. The Kier molecular flexibility index (Phi) is 5.82. The van der Waals surface area contributed by atoms with Crippen LogP contribution in [0.5, 0.6) is 17.2 Å². The van der Waals surface area contributed by atoms with Crippen LogP contribution in [-0.2, 0) is 14.6 Å². The van der Waals surface area contributed by atoms with E-state index in [0.717, 1.165) is 5.69 Å². The van der Waals surface area contributed by atoms with Crippen molar-refractivity contribution in [2.45, 2.75) is 17.9 Å². The van der Waals surface area contributed by atoms with Crippen LogP contribution in [0, 0.1) is 0 Å². The maximum atomic E-state index is 11.5. The molecule has 0 aliphatic rings. The van der Waals surface area contributed by atoms with Crippen molar-refractivity contribution >= 4 is 15.5 Å². The molecule has 2 aromatic rings. The maximum absolute atomic E-state index is 11.5. The molecule has 1 unspecified atom stereocenters. The first-order valence-electron chi connectivity index (χ1n) is 7.38. The van der Waals surface area contributed by atoms with Gasteiger partial charge >= 0.3 is 0 Å². The molecule has 0 saturated heterocycles. The standard InChI is InChI=1S/C17H21NO5S/c1-12(11-21-2)22-15-8-13(18)9-16(10-15)23-14-4-6-17(7-5-14)24(3,19)20/h4-10,12H,11,18H2,1-3H3/p+1. The number of hydrogen-bond acceptors (Lipinski definition) is 5. The second-order valence-corrected chi connectivity index (χ2v) is 7.56. The molecule has 2 rings (SSSR count). The highest BCUT2D eigenvalue weighted by Gasteiger charge is 2.10. The Labute approximate surface area is 142 Å². The van der Waals surface area contributed by atoms with E-state index < -0.39 is 9.84 Å². The van der Waals surface area contributed by atoms with Crippen molar-refractivity contribution in [3.8, 4) is 17.2 Å². The summed E-state index contributed by atoms with van der Waals surface area (Å²) >= 11 is 0. The molecule has 24 heavy (non-hydrogen) atoms. The SMILES string of the molecule is COCC(C)Oc1cc([NH3+])cc(Oc2ccc(S(C)(=O)=O)cc2)c1. The Morgan fingerprint density at radius 3 is 2.25 bits per heavy atom. The molecule has 0 saturated carbocycles. The summed E-state index contributed by atoms with van der Waals surface area (Å²) in [5.41, 5.74) is 4.66. The van der Waals surface area contributed by atoms with Crippen LogP contribution in [0.4, 0.5) is 5.69 Å². The fourth-order valence-electron chi connectivity index (χ4n) is 2.15. The highest BCUT2D eigenvalue weighted by molar-refractivity contribution is 7.90. The van der Waals surface area contributed by atoms with Crippen molar-refractivity contribution in [3.05, 3.63) is 42.5 Å². The second-order valence-electron chi connectivity index (χ2n) is 5.54. The number of benzene rings is 2. The molecule has 0 amide bonds. The van der Waals surface area contributed by atoms with Crippen molar-refractivity contribution in [2.75, 3.05) is 20.0 Å². The predicted octanol–water partition coefficient (Wildman–Crippen LogP) is 2.17. The van der Waals surface area contributed by atoms with E-state index in [1.807, 2.05) is 13.0 Å². The van der Waals surface area contributed by atoms with Crippen molar-refractivity contribution in [1.82, 2.24) is 0 Å². The molecule has 0 aromatic heterocycles. The third-order valence-electron chi connectivity index (χ3n) is 3.17. The Morgan fingerprint density at radius 2 is 1.67 bits per heavy atom. The molecule has 6 nitrogen and oxygen atoms in total. The van der Waals surface area contributed by atoms with Crippen LogP contribution in [0.3, 0.4) is 0 Å². The lowest BCUT2D eigenvalue weighted by Crippen LogP contribution is -2.40. The number of quaternary nitrogens is 1. The van der Waals surface area contributed by atoms with Crippen LogP contribution in [0.15, 0.2) is 47.4 Å². The van der Waals surface area contributed by atoms with Crippen LogP contribution >= 0.6 is 0 Å². The van der Waals surface area contributed by atoms with Gasteiger partial charge in [0.2, 0.25) is 0 Å². The van der Waals surface area contributed by atoms with Gasteiger partial charge in [-0.1, -0.05) is 0 Å². The molecule has 0 spiro atoms. The Hall–Kier alpha value is -2.09. The smallest absolute Gasteiger partial charge is 0.175 e. The van der Waals surface area contributed by atoms with Crippen LogP contribution in [0.1, 0.15) is 6.92 Å². The molecule has 0 aliphatic heterocycles. The number of rotatable bonds is 7. The summed E-state index contributed by atoms with van der Waals surface area (Å²) in [6, 6.07) is 11.6. The van der Waals surface area contributed by atoms with Gasteiger partial charge in [-0.15, -0.1) is 0 Å². The summed E-state index contributed by atoms with van der Waals surface area (Å²) in [5.74, 6) is 1.73. The average molecular weight is 352 g/mol. The van der Waals surface area contributed by atoms with E-state index in [-0.39, 0.29) is 11.0 Å². The summed E-state index contributed by atoms with van der Waals surface area (Å²) in [4.78, 5) is 0.248. The average Bonchev–Trinajstić information content (AvgIpc) is 2.46. The first-order valence-corrected chi connectivity index (χ1v) is 9.27. The highest BCUT2D eigenvalue weighted by Crippen LogP contribution is 2.29. The molecule has 0 fully saturated rings. The molecule has 1 atom stereocenters. The van der Waals surface area contributed by atoms with Crippen LogP contribution in [-0.4, -0.2) is 34.5 Å². The van der Waals surface area contributed by atoms with Gasteiger partial charge in [0, 0.05) is 31.6 Å². The van der Waals surface area contributed by atoms with Crippen molar-refractivity contribution in [3.63, 3.8) is 0 Å². The molecule has 130 valence electrons. The van der Waals surface area contributed by atoms with Crippen LogP contribution < -0.4 is 15.2 Å². The quantitative estimate of drug-likeness (QED) is 0.825. The van der Waals surface area contributed by atoms with Crippen LogP contribution in [0.25, 0.3) is 0 Å². The van der Waals surface area contributed by atoms with Crippen molar-refractivity contribution in [1.29, 1.82) is 0 Å². The van der Waals surface area contributed by atoms with E-state index >= 15 is 0 Å². The first kappa shape index (κ1) is 18.3. The van der Waals surface area contributed by atoms with E-state index in [2.05, 4.69) is 5.73 Å². The minimum absolute atomic E-state index is 0.0984. The third kappa shape index (κ3) is 5.23. The number of hydrogen-bond donors (Lipinski definition) is 1. The molecule has 0 bridgehead atoms. The largest absolute Gasteiger partial charge is 0.488 e. The molecular formula is C17H22NO5S+. The first-order chi connectivity index (χ1) is 11.3. The molecule has 0 radical (unpaired) electrons. The molecule has 7 heteroatoms. The fourth-order valence-corrected chi connectivity index (χ4v) is 2.78. The van der Waals surface area contributed by atoms with Gasteiger partial charge in [0.05, 0.1) is 11.5 Å². The van der Waals surface area contributed by atoms with Gasteiger partial charge in [-0.3, -0.25) is 0 Å². The normalized spacial score (nSPS) is 12.7. The molecule has 0 heterocycles. The van der Waals surface area contributed by atoms with Crippen molar-refractivity contribution in [2.24, 2.45) is 0 Å². The van der Waals surface area contributed by atoms with E-state index in [1.54, 1.807) is 31.4 Å². The molecule has 0 aliphatic carbocycles. The summed E-state index contributed by atoms with van der Waals surface area (Å²) in [6.07, 6.45) is 1.07. The van der Waals surface area contributed by atoms with Crippen molar-refractivity contribution < 1.29 is 28.4 Å².